The Bertz CT molecular complexity index is 751. The summed E-state index contributed by atoms with van der Waals surface area (Å²) in [6.45, 7) is 4.24. The Labute approximate surface area is 178 Å². The first-order chi connectivity index (χ1) is 14.3. The van der Waals surface area contributed by atoms with Crippen molar-refractivity contribution in [2.45, 2.75) is 74.6 Å². The lowest BCUT2D eigenvalue weighted by Gasteiger charge is -2.71. The van der Waals surface area contributed by atoms with Crippen molar-refractivity contribution in [1.82, 2.24) is 4.90 Å². The van der Waals surface area contributed by atoms with Crippen LogP contribution in [0.15, 0.2) is 0 Å². The summed E-state index contributed by atoms with van der Waals surface area (Å²) in [5.74, 6) is -0.815. The molecule has 7 heteroatoms. The molecule has 6 fully saturated rings. The highest BCUT2D eigenvalue weighted by molar-refractivity contribution is 5.38. The van der Waals surface area contributed by atoms with Gasteiger partial charge in [-0.3, -0.25) is 4.90 Å². The zero-order chi connectivity index (χ0) is 21.3. The van der Waals surface area contributed by atoms with Gasteiger partial charge in [-0.2, -0.15) is 0 Å². The second-order valence-corrected chi connectivity index (χ2v) is 11.4. The van der Waals surface area contributed by atoms with Gasteiger partial charge in [-0.15, -0.1) is 0 Å². The summed E-state index contributed by atoms with van der Waals surface area (Å²) in [5.41, 5.74) is -3.14. The van der Waals surface area contributed by atoms with Gasteiger partial charge in [0, 0.05) is 61.8 Å². The van der Waals surface area contributed by atoms with E-state index in [1.54, 1.807) is 14.2 Å². The van der Waals surface area contributed by atoms with E-state index in [0.717, 1.165) is 25.9 Å². The Morgan fingerprint density at radius 1 is 1.10 bits per heavy atom. The molecule has 170 valence electrons. The van der Waals surface area contributed by atoms with Gasteiger partial charge < -0.3 is 29.9 Å². The van der Waals surface area contributed by atoms with Gasteiger partial charge in [0.1, 0.15) is 0 Å². The summed E-state index contributed by atoms with van der Waals surface area (Å²) < 4.78 is 11.9. The minimum Gasteiger partial charge on any atom is -0.393 e. The van der Waals surface area contributed by atoms with E-state index in [1.807, 2.05) is 0 Å². The van der Waals surface area contributed by atoms with Crippen LogP contribution in [0.2, 0.25) is 0 Å². The van der Waals surface area contributed by atoms with E-state index in [4.69, 9.17) is 9.47 Å². The second-order valence-electron chi connectivity index (χ2n) is 11.4. The number of hydrogen-bond acceptors (Lipinski definition) is 7. The Morgan fingerprint density at radius 2 is 1.87 bits per heavy atom. The third-order valence-electron chi connectivity index (χ3n) is 11.0. The van der Waals surface area contributed by atoms with Gasteiger partial charge in [0.05, 0.1) is 36.1 Å². The van der Waals surface area contributed by atoms with Gasteiger partial charge >= 0.3 is 0 Å². The maximum atomic E-state index is 12.8. The number of aliphatic hydroxyl groups excluding tert-OH is 2. The zero-order valence-electron chi connectivity index (χ0n) is 18.3. The average Bonchev–Trinajstić information content (AvgIpc) is 3.09. The maximum absolute atomic E-state index is 12.8. The topological polar surface area (TPSA) is 103 Å². The van der Waals surface area contributed by atoms with Gasteiger partial charge in [-0.25, -0.2) is 0 Å². The predicted molar refractivity (Wildman–Crippen MR) is 108 cm³/mol. The molecule has 1 heterocycles. The second kappa shape index (κ2) is 5.99. The Hall–Kier alpha value is -0.280. The molecule has 0 aromatic carbocycles. The number of methoxy groups -OCH3 is 2. The van der Waals surface area contributed by atoms with Gasteiger partial charge in [0.15, 0.2) is 0 Å². The van der Waals surface area contributed by atoms with Gasteiger partial charge in [0.2, 0.25) is 0 Å². The lowest BCUT2D eigenvalue weighted by molar-refractivity contribution is -0.324. The number of rotatable bonds is 4. The zero-order valence-corrected chi connectivity index (χ0v) is 18.3. The summed E-state index contributed by atoms with van der Waals surface area (Å²) in [7, 11) is 3.46. The van der Waals surface area contributed by atoms with E-state index in [-0.39, 0.29) is 35.8 Å². The molecule has 0 aromatic rings. The van der Waals surface area contributed by atoms with E-state index in [9.17, 15) is 20.4 Å². The van der Waals surface area contributed by atoms with Crippen molar-refractivity contribution < 1.29 is 29.9 Å². The fourth-order valence-electron chi connectivity index (χ4n) is 10.4. The van der Waals surface area contributed by atoms with E-state index in [2.05, 4.69) is 11.8 Å². The first-order valence-electron chi connectivity index (χ1n) is 11.8. The number of aliphatic hydroxyl groups is 4. The number of nitrogens with zero attached hydrogens (tertiary/aromatic N) is 1. The molecule has 12 atom stereocenters. The molecule has 7 nitrogen and oxygen atoms in total. The third kappa shape index (κ3) is 1.80. The fraction of sp³-hybridized carbons (Fsp3) is 1.00. The van der Waals surface area contributed by atoms with E-state index in [0.29, 0.717) is 25.9 Å². The predicted octanol–water partition coefficient (Wildman–Crippen LogP) is -0.00800. The van der Waals surface area contributed by atoms with Crippen LogP contribution in [0.25, 0.3) is 0 Å². The molecule has 1 aliphatic heterocycles. The average molecular weight is 424 g/mol. The quantitative estimate of drug-likeness (QED) is 0.504. The molecular weight excluding hydrogens is 386 g/mol. The molecule has 0 amide bonds. The highest BCUT2D eigenvalue weighted by atomic mass is 16.5. The minimum atomic E-state index is -1.16. The van der Waals surface area contributed by atoms with Crippen LogP contribution in [0.4, 0.5) is 0 Å². The van der Waals surface area contributed by atoms with Crippen molar-refractivity contribution >= 4 is 0 Å². The molecule has 6 rings (SSSR count). The smallest absolute Gasteiger partial charge is 0.0841 e. The molecule has 4 N–H and O–H groups in total. The Morgan fingerprint density at radius 3 is 2.53 bits per heavy atom. The molecule has 0 aromatic heterocycles. The van der Waals surface area contributed by atoms with Crippen LogP contribution < -0.4 is 0 Å². The highest BCUT2D eigenvalue weighted by Crippen LogP contribution is 2.80. The third-order valence-corrected chi connectivity index (χ3v) is 11.0. The minimum absolute atomic E-state index is 0.00905. The summed E-state index contributed by atoms with van der Waals surface area (Å²) in [4.78, 5) is 2.47. The largest absolute Gasteiger partial charge is 0.393 e. The van der Waals surface area contributed by atoms with Gasteiger partial charge in [-0.05, 0) is 38.1 Å². The molecule has 6 aliphatic rings. The molecule has 30 heavy (non-hydrogen) atoms. The molecule has 1 saturated heterocycles. The molecule has 5 aliphatic carbocycles. The normalized spacial score (nSPS) is 63.3. The van der Waals surface area contributed by atoms with E-state index >= 15 is 0 Å². The molecule has 1 spiro atoms. The van der Waals surface area contributed by atoms with Crippen LogP contribution >= 0.6 is 0 Å². The number of piperidine rings is 1. The summed E-state index contributed by atoms with van der Waals surface area (Å²) in [6, 6.07) is -0.00905. The molecule has 0 radical (unpaired) electrons. The first-order valence-corrected chi connectivity index (χ1v) is 11.8. The summed E-state index contributed by atoms with van der Waals surface area (Å²) >= 11 is 0. The lowest BCUT2D eigenvalue weighted by Crippen LogP contribution is -2.81. The molecule has 12 unspecified atom stereocenters. The highest BCUT2D eigenvalue weighted by Gasteiger charge is 2.88. The Kier molecular flexibility index (Phi) is 4.06. The van der Waals surface area contributed by atoms with Gasteiger partial charge in [-0.1, -0.05) is 6.92 Å². The maximum Gasteiger partial charge on any atom is 0.0841 e. The van der Waals surface area contributed by atoms with E-state index < -0.39 is 34.2 Å². The number of likely N-dealkylation sites (tertiary alicyclic amines) is 1. The summed E-state index contributed by atoms with van der Waals surface area (Å²) in [6.07, 6.45) is 1.57. The fourth-order valence-corrected chi connectivity index (χ4v) is 10.4. The van der Waals surface area contributed by atoms with Crippen LogP contribution in [-0.2, 0) is 9.47 Å². The van der Waals surface area contributed by atoms with Crippen molar-refractivity contribution in [3.8, 4) is 0 Å². The number of hydrogen-bond donors (Lipinski definition) is 4. The number of ether oxygens (including phenoxy) is 2. The lowest BCUT2D eigenvalue weighted by atomic mass is 9.41. The van der Waals surface area contributed by atoms with Crippen LogP contribution in [0, 0.1) is 34.5 Å². The van der Waals surface area contributed by atoms with Crippen molar-refractivity contribution in [3.05, 3.63) is 0 Å². The molecule has 5 saturated carbocycles. The monoisotopic (exact) mass is 423 g/mol. The van der Waals surface area contributed by atoms with Crippen molar-refractivity contribution in [2.75, 3.05) is 33.9 Å². The van der Waals surface area contributed by atoms with E-state index in [1.165, 1.54) is 0 Å². The van der Waals surface area contributed by atoms with Crippen molar-refractivity contribution in [3.63, 3.8) is 0 Å². The molecular formula is C23H37NO6. The molecule has 7 bridgehead atoms. The van der Waals surface area contributed by atoms with Crippen molar-refractivity contribution in [2.24, 2.45) is 34.5 Å². The van der Waals surface area contributed by atoms with Crippen molar-refractivity contribution in [1.29, 1.82) is 0 Å². The summed E-state index contributed by atoms with van der Waals surface area (Å²) in [5, 5.41) is 47.0. The van der Waals surface area contributed by atoms with Crippen LogP contribution in [-0.4, -0.2) is 94.8 Å². The Balaban J connectivity index is 1.64. The standard InChI is InChI=1S/C23H37NO6/c1-4-24-10-20(11-29-2)6-5-16(30-3)23-13-7-12-15(25)9-21(27,17(13)18(12)26)14(19(23)24)8-22(20,23)28/h12-19,25-28H,4-11H2,1-3H3. The van der Waals surface area contributed by atoms with Crippen LogP contribution in [0.5, 0.6) is 0 Å². The van der Waals surface area contributed by atoms with Gasteiger partial charge in [0.25, 0.3) is 0 Å². The first kappa shape index (κ1) is 20.3. The van der Waals surface area contributed by atoms with Crippen LogP contribution in [0.3, 0.4) is 0 Å². The number of fused-ring (bicyclic) bond motifs is 2. The SMILES string of the molecule is CCN1CC2(COC)CCC(OC)C34C5CC6C(O)CC(O)(C(CC23O)C14)C5C6O. The van der Waals surface area contributed by atoms with Crippen LogP contribution in [0.1, 0.15) is 39.0 Å².